The Morgan fingerprint density at radius 2 is 1.83 bits per heavy atom. The summed E-state index contributed by atoms with van der Waals surface area (Å²) in [5, 5.41) is 8.84. The summed E-state index contributed by atoms with van der Waals surface area (Å²) in [6, 6.07) is 4.38. The summed E-state index contributed by atoms with van der Waals surface area (Å²) in [6.07, 6.45) is -0.360. The van der Waals surface area contributed by atoms with E-state index in [0.717, 1.165) is 17.5 Å². The number of nitrogens with one attached hydrogen (secondary N) is 2. The Morgan fingerprint density at radius 1 is 1.11 bits per heavy atom. The van der Waals surface area contributed by atoms with E-state index in [1.54, 1.807) is 0 Å². The first-order chi connectivity index (χ1) is 16.5. The van der Waals surface area contributed by atoms with Crippen molar-refractivity contribution in [3.63, 3.8) is 0 Å². The molecule has 1 aliphatic carbocycles. The molecule has 0 bridgehead atoms. The molecule has 0 radical (unpaired) electrons. The summed E-state index contributed by atoms with van der Waals surface area (Å²) in [5.74, 6) is -1.19. The number of carbonyl (C=O) groups is 2. The summed E-state index contributed by atoms with van der Waals surface area (Å²) in [6.45, 7) is 1.86. The van der Waals surface area contributed by atoms with Gasteiger partial charge in [-0.1, -0.05) is 34.8 Å². The van der Waals surface area contributed by atoms with Crippen LogP contribution in [0.4, 0.5) is 18.9 Å². The van der Waals surface area contributed by atoms with Crippen LogP contribution in [-0.2, 0) is 6.18 Å². The predicted molar refractivity (Wildman–Crippen MR) is 125 cm³/mol. The first-order valence-corrected chi connectivity index (χ1v) is 11.5. The van der Waals surface area contributed by atoms with Gasteiger partial charge in [-0.05, 0) is 43.9 Å². The van der Waals surface area contributed by atoms with E-state index in [1.165, 1.54) is 30.6 Å². The molecule has 1 unspecified atom stereocenters. The highest BCUT2D eigenvalue weighted by Gasteiger charge is 2.37. The molecule has 7 nitrogen and oxygen atoms in total. The molecule has 1 fully saturated rings. The first kappa shape index (κ1) is 25.3. The SMILES string of the molecule is CC(NC(=O)c1cc(Cl)cc(Cl)c1NC(=O)c1cc(C(F)(F)F)nn1-c1ccncc1Cl)C1CC1. The van der Waals surface area contributed by atoms with Crippen molar-refractivity contribution in [3.8, 4) is 5.69 Å². The molecule has 2 heterocycles. The van der Waals surface area contributed by atoms with Gasteiger partial charge < -0.3 is 10.6 Å². The maximum absolute atomic E-state index is 13.4. The molecule has 3 aromatic rings. The van der Waals surface area contributed by atoms with Gasteiger partial charge >= 0.3 is 6.18 Å². The summed E-state index contributed by atoms with van der Waals surface area (Å²) in [7, 11) is 0. The lowest BCUT2D eigenvalue weighted by Gasteiger charge is -2.17. The minimum absolute atomic E-state index is 0.000689. The molecule has 0 spiro atoms. The van der Waals surface area contributed by atoms with Gasteiger partial charge in [-0.3, -0.25) is 14.6 Å². The van der Waals surface area contributed by atoms with Crippen LogP contribution in [0.1, 0.15) is 46.3 Å². The average Bonchev–Trinajstić information content (AvgIpc) is 3.53. The molecule has 13 heteroatoms. The summed E-state index contributed by atoms with van der Waals surface area (Å²) in [4.78, 5) is 29.9. The van der Waals surface area contributed by atoms with Gasteiger partial charge in [0, 0.05) is 29.5 Å². The molecule has 1 aliphatic rings. The van der Waals surface area contributed by atoms with E-state index in [9.17, 15) is 22.8 Å². The zero-order chi connectivity index (χ0) is 25.5. The molecule has 184 valence electrons. The maximum atomic E-state index is 13.4. The number of benzene rings is 1. The Kier molecular flexibility index (Phi) is 6.99. The van der Waals surface area contributed by atoms with Gasteiger partial charge in [0.2, 0.25) is 0 Å². The monoisotopic (exact) mass is 545 g/mol. The van der Waals surface area contributed by atoms with Crippen LogP contribution in [0.3, 0.4) is 0 Å². The number of pyridine rings is 1. The second-order valence-corrected chi connectivity index (χ2v) is 9.27. The highest BCUT2D eigenvalue weighted by atomic mass is 35.5. The van der Waals surface area contributed by atoms with E-state index in [2.05, 4.69) is 20.7 Å². The molecule has 2 N–H and O–H groups in total. The molecule has 0 aliphatic heterocycles. The predicted octanol–water partition coefficient (Wildman–Crippen LogP) is 6.03. The van der Waals surface area contributed by atoms with Crippen molar-refractivity contribution in [1.29, 1.82) is 0 Å². The van der Waals surface area contributed by atoms with E-state index in [4.69, 9.17) is 34.8 Å². The molecular formula is C22H17Cl3F3N5O2. The Hall–Kier alpha value is -2.82. The lowest BCUT2D eigenvalue weighted by Crippen LogP contribution is -2.34. The van der Waals surface area contributed by atoms with Crippen molar-refractivity contribution in [2.75, 3.05) is 5.32 Å². The van der Waals surface area contributed by atoms with E-state index in [-0.39, 0.29) is 38.0 Å². The Labute approximate surface area is 212 Å². The van der Waals surface area contributed by atoms with Gasteiger partial charge in [0.25, 0.3) is 11.8 Å². The molecule has 1 atom stereocenters. The van der Waals surface area contributed by atoms with Crippen molar-refractivity contribution >= 4 is 52.3 Å². The smallest absolute Gasteiger partial charge is 0.349 e. The second-order valence-electron chi connectivity index (χ2n) is 8.02. The normalized spacial score (nSPS) is 14.5. The van der Waals surface area contributed by atoms with Crippen LogP contribution in [0.5, 0.6) is 0 Å². The minimum atomic E-state index is -4.83. The van der Waals surface area contributed by atoms with Crippen LogP contribution in [0, 0.1) is 5.92 Å². The lowest BCUT2D eigenvalue weighted by atomic mass is 10.1. The quantitative estimate of drug-likeness (QED) is 0.395. The highest BCUT2D eigenvalue weighted by molar-refractivity contribution is 6.38. The van der Waals surface area contributed by atoms with Gasteiger partial charge in [-0.15, -0.1) is 0 Å². The van der Waals surface area contributed by atoms with Gasteiger partial charge in [0.05, 0.1) is 27.0 Å². The van der Waals surface area contributed by atoms with Gasteiger partial charge in [-0.25, -0.2) is 4.68 Å². The third kappa shape index (κ3) is 5.55. The molecule has 0 saturated heterocycles. The number of anilines is 1. The van der Waals surface area contributed by atoms with E-state index in [0.29, 0.717) is 12.0 Å². The van der Waals surface area contributed by atoms with Crippen LogP contribution in [0.15, 0.2) is 36.7 Å². The van der Waals surface area contributed by atoms with Crippen LogP contribution in [0.25, 0.3) is 5.69 Å². The fourth-order valence-electron chi connectivity index (χ4n) is 3.46. The second kappa shape index (κ2) is 9.67. The largest absolute Gasteiger partial charge is 0.435 e. The van der Waals surface area contributed by atoms with Gasteiger partial charge in [0.1, 0.15) is 5.69 Å². The Morgan fingerprint density at radius 3 is 2.46 bits per heavy atom. The molecule has 4 rings (SSSR count). The Bertz CT molecular complexity index is 1310. The third-order valence-electron chi connectivity index (χ3n) is 5.44. The number of alkyl halides is 3. The van der Waals surface area contributed by atoms with Crippen LogP contribution >= 0.6 is 34.8 Å². The van der Waals surface area contributed by atoms with E-state index < -0.39 is 29.4 Å². The van der Waals surface area contributed by atoms with E-state index in [1.807, 2.05) is 6.92 Å². The number of rotatable bonds is 6. The maximum Gasteiger partial charge on any atom is 0.435 e. The number of halogens is 6. The number of hydrogen-bond acceptors (Lipinski definition) is 4. The molecule has 1 saturated carbocycles. The van der Waals surface area contributed by atoms with Crippen molar-refractivity contribution in [1.82, 2.24) is 20.1 Å². The number of nitrogens with zero attached hydrogens (tertiary/aromatic N) is 3. The molecule has 2 aromatic heterocycles. The zero-order valence-electron chi connectivity index (χ0n) is 18.0. The fraction of sp³-hybridized carbons (Fsp3) is 0.273. The first-order valence-electron chi connectivity index (χ1n) is 10.3. The number of hydrogen-bond donors (Lipinski definition) is 2. The summed E-state index contributed by atoms with van der Waals surface area (Å²) >= 11 is 18.4. The summed E-state index contributed by atoms with van der Waals surface area (Å²) in [5.41, 5.74) is -1.94. The number of aromatic nitrogens is 3. The lowest BCUT2D eigenvalue weighted by molar-refractivity contribution is -0.141. The third-order valence-corrected chi connectivity index (χ3v) is 6.25. The van der Waals surface area contributed by atoms with Crippen LogP contribution < -0.4 is 10.6 Å². The van der Waals surface area contributed by atoms with Crippen molar-refractivity contribution in [3.05, 3.63) is 68.7 Å². The van der Waals surface area contributed by atoms with Crippen LogP contribution in [0.2, 0.25) is 15.1 Å². The van der Waals surface area contributed by atoms with Crippen LogP contribution in [-0.4, -0.2) is 32.6 Å². The Balaban J connectivity index is 1.73. The molecule has 1 aromatic carbocycles. The molecule has 2 amide bonds. The molecule has 35 heavy (non-hydrogen) atoms. The minimum Gasteiger partial charge on any atom is -0.349 e. The van der Waals surface area contributed by atoms with Gasteiger partial charge in [-0.2, -0.15) is 18.3 Å². The topological polar surface area (TPSA) is 88.9 Å². The van der Waals surface area contributed by atoms with Crippen molar-refractivity contribution < 1.29 is 22.8 Å². The van der Waals surface area contributed by atoms with Crippen molar-refractivity contribution in [2.45, 2.75) is 32.0 Å². The van der Waals surface area contributed by atoms with E-state index >= 15 is 0 Å². The zero-order valence-corrected chi connectivity index (χ0v) is 20.2. The molecular weight excluding hydrogens is 530 g/mol. The standard InChI is InChI=1S/C22H17Cl3F3N5O2/c1-10(11-2-3-11)30-20(34)13-6-12(23)7-14(24)19(13)31-21(35)17-8-18(22(26,27)28)32-33(17)16-4-5-29-9-15(16)25/h4-11H,2-3H2,1H3,(H,30,34)(H,31,35). The van der Waals surface area contributed by atoms with Crippen molar-refractivity contribution in [2.24, 2.45) is 5.92 Å². The number of carbonyl (C=O) groups excluding carboxylic acids is 2. The van der Waals surface area contributed by atoms with Gasteiger partial charge in [0.15, 0.2) is 5.69 Å². The summed E-state index contributed by atoms with van der Waals surface area (Å²) < 4.78 is 41.0. The highest BCUT2D eigenvalue weighted by Crippen LogP contribution is 2.35. The fourth-order valence-corrected chi connectivity index (χ4v) is 4.20. The average molecular weight is 547 g/mol. The number of amides is 2.